The van der Waals surface area contributed by atoms with Crippen molar-refractivity contribution in [1.29, 1.82) is 0 Å². The molecule has 0 fully saturated rings. The van der Waals surface area contributed by atoms with E-state index in [0.29, 0.717) is 11.6 Å². The molecule has 6 heteroatoms. The normalized spacial score (nSPS) is 13.1. The molecule has 0 aliphatic heterocycles. The lowest BCUT2D eigenvalue weighted by atomic mass is 10.2. The summed E-state index contributed by atoms with van der Waals surface area (Å²) < 4.78 is 24.8. The highest BCUT2D eigenvalue weighted by Crippen LogP contribution is 2.21. The van der Waals surface area contributed by atoms with Crippen LogP contribution >= 0.6 is 27.5 Å². The number of halogens is 4. The number of rotatable bonds is 5. The molecule has 0 bridgehead atoms. The second-order valence-corrected chi connectivity index (χ2v) is 4.59. The van der Waals surface area contributed by atoms with Crippen LogP contribution in [0.15, 0.2) is 22.7 Å². The van der Waals surface area contributed by atoms with Gasteiger partial charge in [-0.2, -0.15) is 0 Å². The topological polar surface area (TPSA) is 32.3 Å². The molecule has 2 N–H and O–H groups in total. The number of hydrogen-bond acceptors (Lipinski definition) is 2. The maximum Gasteiger partial charge on any atom is 0.265 e. The van der Waals surface area contributed by atoms with Crippen molar-refractivity contribution in [1.82, 2.24) is 5.32 Å². The molecule has 0 amide bonds. The molecule has 0 heterocycles. The lowest BCUT2D eigenvalue weighted by molar-refractivity contribution is -0.00340. The van der Waals surface area contributed by atoms with E-state index < -0.39 is 12.5 Å². The van der Waals surface area contributed by atoms with E-state index in [1.807, 2.05) is 6.07 Å². The Bertz CT molecular complexity index is 352. The standard InChI is InChI=1S/C10H11BrClF2NO/c11-7-2-1-6(8(12)3-7)4-15-5-9(16)10(13)14/h1-3,9-10,15-16H,4-5H2. The molecular weight excluding hydrogens is 303 g/mol. The van der Waals surface area contributed by atoms with Crippen molar-refractivity contribution in [3.63, 3.8) is 0 Å². The van der Waals surface area contributed by atoms with E-state index in [1.165, 1.54) is 0 Å². The van der Waals surface area contributed by atoms with Gasteiger partial charge in [-0.1, -0.05) is 33.6 Å². The molecule has 0 radical (unpaired) electrons. The van der Waals surface area contributed by atoms with Crippen LogP contribution in [0, 0.1) is 0 Å². The summed E-state index contributed by atoms with van der Waals surface area (Å²) in [6.45, 7) is 0.181. The Kier molecular flexibility index (Phi) is 5.61. The Morgan fingerprint density at radius 1 is 1.44 bits per heavy atom. The van der Waals surface area contributed by atoms with Gasteiger partial charge in [0.25, 0.3) is 6.43 Å². The van der Waals surface area contributed by atoms with Crippen LogP contribution < -0.4 is 5.32 Å². The third-order valence-corrected chi connectivity index (χ3v) is 2.82. The van der Waals surface area contributed by atoms with Gasteiger partial charge in [0, 0.05) is 22.6 Å². The first-order valence-electron chi connectivity index (χ1n) is 4.61. The van der Waals surface area contributed by atoms with Gasteiger partial charge in [0.1, 0.15) is 6.10 Å². The Hall–Kier alpha value is -0.230. The fraction of sp³-hybridized carbons (Fsp3) is 0.400. The van der Waals surface area contributed by atoms with E-state index in [2.05, 4.69) is 21.2 Å². The molecule has 16 heavy (non-hydrogen) atoms. The fourth-order valence-corrected chi connectivity index (χ4v) is 1.85. The highest BCUT2D eigenvalue weighted by molar-refractivity contribution is 9.10. The van der Waals surface area contributed by atoms with Crippen LogP contribution in [0.5, 0.6) is 0 Å². The molecule has 1 aromatic carbocycles. The first-order chi connectivity index (χ1) is 7.50. The number of alkyl halides is 2. The summed E-state index contributed by atoms with van der Waals surface area (Å²) in [5.74, 6) is 0. The van der Waals surface area contributed by atoms with Gasteiger partial charge in [0.15, 0.2) is 0 Å². The molecular formula is C10H11BrClF2NO. The largest absolute Gasteiger partial charge is 0.386 e. The van der Waals surface area contributed by atoms with Gasteiger partial charge in [0.05, 0.1) is 0 Å². The highest BCUT2D eigenvalue weighted by Gasteiger charge is 2.15. The van der Waals surface area contributed by atoms with Crippen LogP contribution in [-0.2, 0) is 6.54 Å². The van der Waals surface area contributed by atoms with E-state index in [4.69, 9.17) is 16.7 Å². The summed E-state index contributed by atoms with van der Waals surface area (Å²) in [4.78, 5) is 0. The van der Waals surface area contributed by atoms with Crippen LogP contribution in [0.25, 0.3) is 0 Å². The van der Waals surface area contributed by atoms with Gasteiger partial charge in [-0.15, -0.1) is 0 Å². The Balaban J connectivity index is 2.43. The highest BCUT2D eigenvalue weighted by atomic mass is 79.9. The minimum Gasteiger partial charge on any atom is -0.386 e. The second kappa shape index (κ2) is 6.49. The van der Waals surface area contributed by atoms with Crippen molar-refractivity contribution in [3.8, 4) is 0 Å². The molecule has 1 rings (SSSR count). The minimum atomic E-state index is -2.73. The van der Waals surface area contributed by atoms with Crippen molar-refractivity contribution in [2.75, 3.05) is 6.54 Å². The quantitative estimate of drug-likeness (QED) is 0.876. The SMILES string of the molecule is OC(CNCc1ccc(Br)cc1Cl)C(F)F. The van der Waals surface area contributed by atoms with Crippen LogP contribution in [0.3, 0.4) is 0 Å². The molecule has 0 saturated carbocycles. The minimum absolute atomic E-state index is 0.163. The van der Waals surface area contributed by atoms with Crippen LogP contribution in [0.2, 0.25) is 5.02 Å². The Labute approximate surface area is 106 Å². The molecule has 0 aliphatic carbocycles. The second-order valence-electron chi connectivity index (χ2n) is 3.27. The van der Waals surface area contributed by atoms with Crippen molar-refractivity contribution >= 4 is 27.5 Å². The van der Waals surface area contributed by atoms with E-state index in [9.17, 15) is 8.78 Å². The van der Waals surface area contributed by atoms with Gasteiger partial charge < -0.3 is 10.4 Å². The van der Waals surface area contributed by atoms with Gasteiger partial charge >= 0.3 is 0 Å². The fourth-order valence-electron chi connectivity index (χ4n) is 1.11. The van der Waals surface area contributed by atoms with E-state index in [0.717, 1.165) is 10.0 Å². The van der Waals surface area contributed by atoms with Gasteiger partial charge in [0.2, 0.25) is 0 Å². The zero-order valence-electron chi connectivity index (χ0n) is 8.26. The first kappa shape index (κ1) is 13.8. The van der Waals surface area contributed by atoms with E-state index in [-0.39, 0.29) is 6.54 Å². The van der Waals surface area contributed by atoms with Gasteiger partial charge in [-0.25, -0.2) is 8.78 Å². The van der Waals surface area contributed by atoms with E-state index in [1.54, 1.807) is 12.1 Å². The molecule has 0 spiro atoms. The van der Waals surface area contributed by atoms with Crippen molar-refractivity contribution < 1.29 is 13.9 Å². The summed E-state index contributed by atoms with van der Waals surface area (Å²) in [7, 11) is 0. The van der Waals surface area contributed by atoms with Crippen LogP contribution in [0.4, 0.5) is 8.78 Å². The number of nitrogens with one attached hydrogen (secondary N) is 1. The maximum atomic E-state index is 12.0. The number of aliphatic hydroxyl groups is 1. The third-order valence-electron chi connectivity index (χ3n) is 1.97. The lowest BCUT2D eigenvalue weighted by Crippen LogP contribution is -2.31. The van der Waals surface area contributed by atoms with Gasteiger partial charge in [-0.3, -0.25) is 0 Å². The number of aliphatic hydroxyl groups excluding tert-OH is 1. The first-order valence-corrected chi connectivity index (χ1v) is 5.78. The number of hydrogen-bond donors (Lipinski definition) is 2. The predicted molar refractivity (Wildman–Crippen MR) is 62.9 cm³/mol. The van der Waals surface area contributed by atoms with Crippen LogP contribution in [0.1, 0.15) is 5.56 Å². The molecule has 90 valence electrons. The van der Waals surface area contributed by atoms with E-state index >= 15 is 0 Å². The average Bonchev–Trinajstić information content (AvgIpc) is 2.20. The lowest BCUT2D eigenvalue weighted by Gasteiger charge is -2.11. The van der Waals surface area contributed by atoms with Crippen molar-refractivity contribution in [2.24, 2.45) is 0 Å². The summed E-state index contributed by atoms with van der Waals surface area (Å²) >= 11 is 9.19. The molecule has 0 aromatic heterocycles. The van der Waals surface area contributed by atoms with Crippen molar-refractivity contribution in [2.45, 2.75) is 19.1 Å². The van der Waals surface area contributed by atoms with Gasteiger partial charge in [-0.05, 0) is 17.7 Å². The molecule has 2 nitrogen and oxygen atoms in total. The summed E-state index contributed by atoms with van der Waals surface area (Å²) in [5, 5.41) is 12.1. The summed E-state index contributed by atoms with van der Waals surface area (Å²) in [6, 6.07) is 5.32. The van der Waals surface area contributed by atoms with Crippen LogP contribution in [-0.4, -0.2) is 24.2 Å². The Morgan fingerprint density at radius 3 is 2.69 bits per heavy atom. The molecule has 0 saturated heterocycles. The molecule has 1 aromatic rings. The predicted octanol–water partition coefficient (Wildman–Crippen LogP) is 2.82. The Morgan fingerprint density at radius 2 is 2.12 bits per heavy atom. The number of benzene rings is 1. The molecule has 1 unspecified atom stereocenters. The summed E-state index contributed by atoms with van der Waals surface area (Å²) in [5.41, 5.74) is 0.798. The maximum absolute atomic E-state index is 12.0. The summed E-state index contributed by atoms with van der Waals surface area (Å²) in [6.07, 6.45) is -4.37. The molecule has 1 atom stereocenters. The zero-order valence-corrected chi connectivity index (χ0v) is 10.6. The molecule has 0 aliphatic rings. The zero-order chi connectivity index (χ0) is 12.1. The van der Waals surface area contributed by atoms with Crippen molar-refractivity contribution in [3.05, 3.63) is 33.3 Å². The third kappa shape index (κ3) is 4.33. The smallest absolute Gasteiger partial charge is 0.265 e. The average molecular weight is 315 g/mol. The monoisotopic (exact) mass is 313 g/mol.